The molecule has 1 N–H and O–H groups in total. The van der Waals surface area contributed by atoms with E-state index in [0.29, 0.717) is 6.04 Å². The Balaban J connectivity index is 0.00000261. The fourth-order valence-corrected chi connectivity index (χ4v) is 4.40. The van der Waals surface area contributed by atoms with E-state index in [1.54, 1.807) is 0 Å². The second-order valence-corrected chi connectivity index (χ2v) is 8.23. The highest BCUT2D eigenvalue weighted by molar-refractivity contribution is 14.0. The van der Waals surface area contributed by atoms with Crippen molar-refractivity contribution in [2.24, 2.45) is 4.99 Å². The molecule has 8 heteroatoms. The monoisotopic (exact) mass is 506 g/mol. The van der Waals surface area contributed by atoms with E-state index in [-0.39, 0.29) is 24.0 Å². The normalized spacial score (nSPS) is 21.1. The van der Waals surface area contributed by atoms with E-state index in [1.165, 1.54) is 18.1 Å². The Kier molecular flexibility index (Phi) is 9.61. The van der Waals surface area contributed by atoms with E-state index < -0.39 is 0 Å². The zero-order valence-electron chi connectivity index (χ0n) is 16.9. The van der Waals surface area contributed by atoms with Crippen LogP contribution < -0.4 is 10.2 Å². The number of guanidine groups is 1. The number of hydrogen-bond acceptors (Lipinski definition) is 5. The van der Waals surface area contributed by atoms with Crippen LogP contribution in [0.3, 0.4) is 0 Å². The third-order valence-corrected chi connectivity index (χ3v) is 6.33. The molecule has 0 saturated carbocycles. The standard InChI is InChI=1S/C19H34N6S.HI/c1-4-20-19(21-16-17(2)23-9-7-22(3)8-10-23)25-13-11-24(12-14-25)18-6-5-15-26-18;/h5-6,15,17H,4,7-14,16H2,1-3H3,(H,20,21);1H. The third-order valence-electron chi connectivity index (χ3n) is 5.40. The number of hydrogen-bond donors (Lipinski definition) is 1. The first kappa shape index (κ1) is 22.7. The number of piperazine rings is 2. The molecule has 1 unspecified atom stereocenters. The summed E-state index contributed by atoms with van der Waals surface area (Å²) < 4.78 is 0. The molecule has 0 aliphatic carbocycles. The molecule has 1 aromatic rings. The van der Waals surface area contributed by atoms with Gasteiger partial charge in [-0.1, -0.05) is 0 Å². The summed E-state index contributed by atoms with van der Waals surface area (Å²) in [7, 11) is 2.21. The van der Waals surface area contributed by atoms with Gasteiger partial charge in [0.2, 0.25) is 0 Å². The number of anilines is 1. The second kappa shape index (κ2) is 11.4. The smallest absolute Gasteiger partial charge is 0.194 e. The molecule has 1 aromatic heterocycles. The molecule has 1 atom stereocenters. The summed E-state index contributed by atoms with van der Waals surface area (Å²) in [6.07, 6.45) is 0. The molecule has 3 rings (SSSR count). The maximum Gasteiger partial charge on any atom is 0.194 e. The van der Waals surface area contributed by atoms with Crippen molar-refractivity contribution in [3.63, 3.8) is 0 Å². The Morgan fingerprint density at radius 2 is 1.85 bits per heavy atom. The average molecular weight is 507 g/mol. The van der Waals surface area contributed by atoms with Gasteiger partial charge in [0, 0.05) is 64.9 Å². The number of rotatable bonds is 5. The fraction of sp³-hybridized carbons (Fsp3) is 0.737. The molecule has 154 valence electrons. The first-order chi connectivity index (χ1) is 12.7. The van der Waals surface area contributed by atoms with Crippen molar-refractivity contribution in [2.45, 2.75) is 19.9 Å². The van der Waals surface area contributed by atoms with Gasteiger partial charge in [0.1, 0.15) is 0 Å². The van der Waals surface area contributed by atoms with Crippen LogP contribution in [0.4, 0.5) is 5.00 Å². The number of likely N-dealkylation sites (N-methyl/N-ethyl adjacent to an activating group) is 1. The van der Waals surface area contributed by atoms with Crippen molar-refractivity contribution in [2.75, 3.05) is 77.4 Å². The lowest BCUT2D eigenvalue weighted by molar-refractivity contribution is 0.122. The molecule has 2 aliphatic heterocycles. The van der Waals surface area contributed by atoms with Gasteiger partial charge in [-0.2, -0.15) is 0 Å². The first-order valence-electron chi connectivity index (χ1n) is 9.91. The van der Waals surface area contributed by atoms with Gasteiger partial charge in [-0.15, -0.1) is 35.3 Å². The average Bonchev–Trinajstić information content (AvgIpc) is 3.20. The fourth-order valence-electron chi connectivity index (χ4n) is 3.61. The molecular formula is C19H35IN6S. The summed E-state index contributed by atoms with van der Waals surface area (Å²) in [5.74, 6) is 1.08. The van der Waals surface area contributed by atoms with Gasteiger partial charge >= 0.3 is 0 Å². The van der Waals surface area contributed by atoms with Crippen LogP contribution >= 0.6 is 35.3 Å². The predicted molar refractivity (Wildman–Crippen MR) is 128 cm³/mol. The van der Waals surface area contributed by atoms with Gasteiger partial charge in [0.05, 0.1) is 11.5 Å². The van der Waals surface area contributed by atoms with Crippen LogP contribution in [0.25, 0.3) is 0 Å². The molecule has 2 saturated heterocycles. The molecule has 2 aliphatic rings. The van der Waals surface area contributed by atoms with Crippen molar-refractivity contribution in [1.82, 2.24) is 20.0 Å². The molecule has 0 bridgehead atoms. The Labute approximate surface area is 185 Å². The number of aliphatic imine (C=N–C) groups is 1. The molecule has 0 spiro atoms. The molecule has 3 heterocycles. The molecular weight excluding hydrogens is 471 g/mol. The van der Waals surface area contributed by atoms with Crippen LogP contribution in [0, 0.1) is 0 Å². The van der Waals surface area contributed by atoms with Crippen molar-refractivity contribution in [3.8, 4) is 0 Å². The Hall–Kier alpha value is -0.580. The van der Waals surface area contributed by atoms with E-state index >= 15 is 0 Å². The van der Waals surface area contributed by atoms with E-state index in [9.17, 15) is 0 Å². The van der Waals surface area contributed by atoms with Crippen LogP contribution in [0.5, 0.6) is 0 Å². The summed E-state index contributed by atoms with van der Waals surface area (Å²) in [4.78, 5) is 14.9. The second-order valence-electron chi connectivity index (χ2n) is 7.31. The van der Waals surface area contributed by atoms with Gasteiger partial charge in [-0.05, 0) is 38.4 Å². The highest BCUT2D eigenvalue weighted by atomic mass is 127. The number of halogens is 1. The van der Waals surface area contributed by atoms with Crippen LogP contribution in [0.15, 0.2) is 22.5 Å². The Morgan fingerprint density at radius 1 is 1.15 bits per heavy atom. The topological polar surface area (TPSA) is 37.4 Å². The molecule has 27 heavy (non-hydrogen) atoms. The summed E-state index contributed by atoms with van der Waals surface area (Å²) in [5.41, 5.74) is 0. The van der Waals surface area contributed by atoms with Crippen molar-refractivity contribution in [3.05, 3.63) is 17.5 Å². The van der Waals surface area contributed by atoms with Crippen molar-refractivity contribution >= 4 is 46.3 Å². The minimum atomic E-state index is 0. The third kappa shape index (κ3) is 6.47. The minimum absolute atomic E-state index is 0. The molecule has 0 aromatic carbocycles. The maximum absolute atomic E-state index is 4.98. The maximum atomic E-state index is 4.98. The van der Waals surface area contributed by atoms with Crippen LogP contribution in [-0.4, -0.2) is 99.2 Å². The molecule has 6 nitrogen and oxygen atoms in total. The Morgan fingerprint density at radius 3 is 2.44 bits per heavy atom. The van der Waals surface area contributed by atoms with E-state index in [0.717, 1.165) is 58.3 Å². The first-order valence-corrected chi connectivity index (χ1v) is 10.8. The summed E-state index contributed by atoms with van der Waals surface area (Å²) in [6.45, 7) is 15.1. The molecule has 0 radical (unpaired) electrons. The van der Waals surface area contributed by atoms with Crippen LogP contribution in [0.1, 0.15) is 13.8 Å². The van der Waals surface area contributed by atoms with E-state index in [4.69, 9.17) is 4.99 Å². The lowest BCUT2D eigenvalue weighted by Gasteiger charge is -2.38. The van der Waals surface area contributed by atoms with E-state index in [1.807, 2.05) is 11.3 Å². The highest BCUT2D eigenvalue weighted by Crippen LogP contribution is 2.22. The van der Waals surface area contributed by atoms with Gasteiger partial charge in [-0.3, -0.25) is 9.89 Å². The highest BCUT2D eigenvalue weighted by Gasteiger charge is 2.22. The Bertz CT molecular complexity index is 551. The lowest BCUT2D eigenvalue weighted by atomic mass is 10.2. The van der Waals surface area contributed by atoms with Gasteiger partial charge in [-0.25, -0.2) is 0 Å². The van der Waals surface area contributed by atoms with Gasteiger partial charge in [0.25, 0.3) is 0 Å². The number of nitrogens with zero attached hydrogens (tertiary/aromatic N) is 5. The largest absolute Gasteiger partial charge is 0.360 e. The molecule has 0 amide bonds. The zero-order valence-corrected chi connectivity index (χ0v) is 20.1. The van der Waals surface area contributed by atoms with Crippen LogP contribution in [-0.2, 0) is 0 Å². The quantitative estimate of drug-likeness (QED) is 0.376. The SMILES string of the molecule is CCNC(=NCC(C)N1CCN(C)CC1)N1CCN(c2cccs2)CC1.I. The zero-order chi connectivity index (χ0) is 18.4. The minimum Gasteiger partial charge on any atom is -0.360 e. The van der Waals surface area contributed by atoms with Crippen molar-refractivity contribution < 1.29 is 0 Å². The van der Waals surface area contributed by atoms with E-state index in [2.05, 4.69) is 63.3 Å². The van der Waals surface area contributed by atoms with Crippen molar-refractivity contribution in [1.29, 1.82) is 0 Å². The number of nitrogens with one attached hydrogen (secondary N) is 1. The summed E-state index contributed by atoms with van der Waals surface area (Å²) >= 11 is 1.83. The van der Waals surface area contributed by atoms with Gasteiger partial charge in [0.15, 0.2) is 5.96 Å². The van der Waals surface area contributed by atoms with Gasteiger partial charge < -0.3 is 20.0 Å². The summed E-state index contributed by atoms with van der Waals surface area (Å²) in [5, 5.41) is 7.04. The lowest BCUT2D eigenvalue weighted by Crippen LogP contribution is -2.53. The number of thiophene rings is 1. The molecule has 2 fully saturated rings. The summed E-state index contributed by atoms with van der Waals surface area (Å²) in [6, 6.07) is 4.86. The predicted octanol–water partition coefficient (Wildman–Crippen LogP) is 2.09. The van der Waals surface area contributed by atoms with Crippen LogP contribution in [0.2, 0.25) is 0 Å².